The topological polar surface area (TPSA) is 42.3 Å². The maximum Gasteiger partial charge on any atom is 0.120 e. The second-order valence-corrected chi connectivity index (χ2v) is 6.49. The molecule has 0 bridgehead atoms. The van der Waals surface area contributed by atoms with Crippen molar-refractivity contribution in [3.8, 4) is 5.75 Å². The van der Waals surface area contributed by atoms with Crippen LogP contribution in [0.2, 0.25) is 0 Å². The Morgan fingerprint density at radius 1 is 1.33 bits per heavy atom. The number of methoxy groups -OCH3 is 1. The van der Waals surface area contributed by atoms with Crippen LogP contribution in [0.3, 0.4) is 0 Å². The van der Waals surface area contributed by atoms with E-state index in [4.69, 9.17) is 4.74 Å². The first-order chi connectivity index (χ1) is 11.8. The minimum atomic E-state index is 0.507. The maximum atomic E-state index is 5.34. The molecule has 1 aliphatic heterocycles. The number of benzene rings is 1. The molecule has 24 heavy (non-hydrogen) atoms. The Labute approximate surface area is 144 Å². The Morgan fingerprint density at radius 2 is 2.17 bits per heavy atom. The zero-order valence-electron chi connectivity index (χ0n) is 14.7. The van der Waals surface area contributed by atoms with Gasteiger partial charge >= 0.3 is 0 Å². The summed E-state index contributed by atoms with van der Waals surface area (Å²) in [5, 5.41) is 3.84. The first-order valence-corrected chi connectivity index (χ1v) is 8.89. The van der Waals surface area contributed by atoms with E-state index in [9.17, 15) is 0 Å². The third-order valence-electron chi connectivity index (χ3n) is 4.87. The molecule has 1 saturated heterocycles. The van der Waals surface area contributed by atoms with Gasteiger partial charge in [0.25, 0.3) is 0 Å². The van der Waals surface area contributed by atoms with Gasteiger partial charge in [-0.1, -0.05) is 13.0 Å². The normalized spacial score (nSPS) is 17.0. The van der Waals surface area contributed by atoms with E-state index in [2.05, 4.69) is 44.9 Å². The number of hydrogen-bond acceptors (Lipinski definition) is 4. The third kappa shape index (κ3) is 4.29. The van der Waals surface area contributed by atoms with Crippen LogP contribution in [0.5, 0.6) is 5.75 Å². The quantitative estimate of drug-likeness (QED) is 0.848. The van der Waals surface area contributed by atoms with Crippen molar-refractivity contribution in [1.82, 2.24) is 14.9 Å². The summed E-state index contributed by atoms with van der Waals surface area (Å²) in [5.41, 5.74) is 1.26. The zero-order chi connectivity index (χ0) is 16.8. The Hall–Kier alpha value is -2.01. The van der Waals surface area contributed by atoms with Gasteiger partial charge in [-0.3, -0.25) is 0 Å². The van der Waals surface area contributed by atoms with Gasteiger partial charge < -0.3 is 19.5 Å². The molecule has 1 aliphatic rings. The van der Waals surface area contributed by atoms with Gasteiger partial charge in [0.05, 0.1) is 13.4 Å². The van der Waals surface area contributed by atoms with Gasteiger partial charge in [0, 0.05) is 55.9 Å². The number of ether oxygens (including phenoxy) is 1. The average Bonchev–Trinajstić information content (AvgIpc) is 3.15. The molecule has 3 rings (SSSR count). The fourth-order valence-corrected chi connectivity index (χ4v) is 3.39. The molecule has 1 N–H and O–H groups in total. The van der Waals surface area contributed by atoms with Crippen LogP contribution in [-0.4, -0.2) is 41.8 Å². The van der Waals surface area contributed by atoms with Crippen LogP contribution in [0.15, 0.2) is 43.0 Å². The van der Waals surface area contributed by atoms with Gasteiger partial charge in [-0.2, -0.15) is 0 Å². The summed E-state index contributed by atoms with van der Waals surface area (Å²) in [6.07, 6.45) is 9.27. The van der Waals surface area contributed by atoms with Gasteiger partial charge in [0.15, 0.2) is 0 Å². The van der Waals surface area contributed by atoms with Crippen LogP contribution in [0.25, 0.3) is 0 Å². The Kier molecular flexibility index (Phi) is 5.75. The zero-order valence-corrected chi connectivity index (χ0v) is 14.7. The molecule has 0 unspecified atom stereocenters. The van der Waals surface area contributed by atoms with E-state index in [1.54, 1.807) is 7.11 Å². The molecule has 1 aromatic heterocycles. The van der Waals surface area contributed by atoms with Crippen molar-refractivity contribution >= 4 is 5.69 Å². The fraction of sp³-hybridized carbons (Fsp3) is 0.526. The van der Waals surface area contributed by atoms with Crippen LogP contribution in [0.1, 0.15) is 26.2 Å². The molecular weight excluding hydrogens is 300 g/mol. The molecule has 0 amide bonds. The molecule has 130 valence electrons. The lowest BCUT2D eigenvalue weighted by atomic mass is 10.0. The molecule has 0 radical (unpaired) electrons. The lowest BCUT2D eigenvalue weighted by molar-refractivity contribution is 0.336. The van der Waals surface area contributed by atoms with Gasteiger partial charge in [0.1, 0.15) is 5.75 Å². The average molecular weight is 328 g/mol. The molecule has 2 heterocycles. The summed E-state index contributed by atoms with van der Waals surface area (Å²) in [4.78, 5) is 6.59. The highest BCUT2D eigenvalue weighted by molar-refractivity contribution is 5.51. The third-order valence-corrected chi connectivity index (χ3v) is 4.87. The fourth-order valence-electron chi connectivity index (χ4n) is 3.39. The number of nitrogens with zero attached hydrogens (tertiary/aromatic N) is 3. The van der Waals surface area contributed by atoms with E-state index in [1.165, 1.54) is 18.5 Å². The van der Waals surface area contributed by atoms with Crippen molar-refractivity contribution in [1.29, 1.82) is 0 Å². The van der Waals surface area contributed by atoms with Crippen LogP contribution in [-0.2, 0) is 6.54 Å². The van der Waals surface area contributed by atoms with Crippen LogP contribution < -0.4 is 15.0 Å². The van der Waals surface area contributed by atoms with Gasteiger partial charge in [-0.15, -0.1) is 0 Å². The van der Waals surface area contributed by atoms with Crippen LogP contribution in [0, 0.1) is 0 Å². The number of anilines is 1. The second kappa shape index (κ2) is 8.20. The maximum absolute atomic E-state index is 5.34. The highest BCUT2D eigenvalue weighted by Gasteiger charge is 2.21. The molecular formula is C19H28N4O. The largest absolute Gasteiger partial charge is 0.497 e. The first kappa shape index (κ1) is 16.8. The molecule has 5 nitrogen and oxygen atoms in total. The number of piperidine rings is 1. The van der Waals surface area contributed by atoms with E-state index >= 15 is 0 Å². The summed E-state index contributed by atoms with van der Waals surface area (Å²) < 4.78 is 7.50. The molecule has 0 aliphatic carbocycles. The number of nitrogens with one attached hydrogen (secondary N) is 1. The van der Waals surface area contributed by atoms with Gasteiger partial charge in [-0.25, -0.2) is 4.98 Å². The van der Waals surface area contributed by atoms with Crippen LogP contribution >= 0.6 is 0 Å². The Bertz CT molecular complexity index is 606. The minimum absolute atomic E-state index is 0.507. The van der Waals surface area contributed by atoms with Crippen molar-refractivity contribution < 1.29 is 4.74 Å². The summed E-state index contributed by atoms with van der Waals surface area (Å²) in [6.45, 7) is 5.42. The molecule has 0 saturated carbocycles. The summed E-state index contributed by atoms with van der Waals surface area (Å²) >= 11 is 0. The van der Waals surface area contributed by atoms with Crippen molar-refractivity contribution in [2.24, 2.45) is 0 Å². The van der Waals surface area contributed by atoms with E-state index in [0.29, 0.717) is 12.1 Å². The number of hydrogen-bond donors (Lipinski definition) is 1. The summed E-state index contributed by atoms with van der Waals surface area (Å²) in [6, 6.07) is 9.47. The van der Waals surface area contributed by atoms with Crippen molar-refractivity contribution in [2.45, 2.75) is 44.8 Å². The van der Waals surface area contributed by atoms with E-state index in [0.717, 1.165) is 31.8 Å². The number of imidazole rings is 1. The molecule has 5 heteroatoms. The summed E-state index contributed by atoms with van der Waals surface area (Å²) in [5.74, 6) is 0.930. The molecule has 2 aromatic rings. The Balaban J connectivity index is 1.50. The smallest absolute Gasteiger partial charge is 0.120 e. The monoisotopic (exact) mass is 328 g/mol. The first-order valence-electron chi connectivity index (χ1n) is 8.89. The number of aromatic nitrogens is 2. The highest BCUT2D eigenvalue weighted by atomic mass is 16.5. The number of rotatable bonds is 7. The SMILES string of the molecule is CC[C@@H](Cn1ccnc1)NC1CCN(c2cccc(OC)c2)CC1. The molecule has 1 fully saturated rings. The Morgan fingerprint density at radius 3 is 2.83 bits per heavy atom. The van der Waals surface area contributed by atoms with Crippen molar-refractivity contribution in [2.75, 3.05) is 25.1 Å². The van der Waals surface area contributed by atoms with E-state index in [1.807, 2.05) is 24.8 Å². The minimum Gasteiger partial charge on any atom is -0.497 e. The lowest BCUT2D eigenvalue weighted by Gasteiger charge is -2.36. The lowest BCUT2D eigenvalue weighted by Crippen LogP contribution is -2.47. The van der Waals surface area contributed by atoms with Crippen LogP contribution in [0.4, 0.5) is 5.69 Å². The molecule has 1 aromatic carbocycles. The van der Waals surface area contributed by atoms with E-state index < -0.39 is 0 Å². The highest BCUT2D eigenvalue weighted by Crippen LogP contribution is 2.24. The van der Waals surface area contributed by atoms with Crippen molar-refractivity contribution in [3.05, 3.63) is 43.0 Å². The van der Waals surface area contributed by atoms with Gasteiger partial charge in [0.2, 0.25) is 0 Å². The van der Waals surface area contributed by atoms with E-state index in [-0.39, 0.29) is 0 Å². The van der Waals surface area contributed by atoms with Crippen molar-refractivity contribution in [3.63, 3.8) is 0 Å². The summed E-state index contributed by atoms with van der Waals surface area (Å²) in [7, 11) is 1.72. The second-order valence-electron chi connectivity index (χ2n) is 6.49. The van der Waals surface area contributed by atoms with Gasteiger partial charge in [-0.05, 0) is 31.4 Å². The molecule has 0 spiro atoms. The predicted octanol–water partition coefficient (Wildman–Crippen LogP) is 2.93. The predicted molar refractivity (Wildman–Crippen MR) is 97.7 cm³/mol. The standard InChI is InChI=1S/C19H28N4O/c1-3-16(14-22-12-9-20-15-22)21-17-7-10-23(11-8-17)18-5-4-6-19(13-18)24-2/h4-6,9,12-13,15-17,21H,3,7-8,10-11,14H2,1-2H3/t16-/m0/s1. The molecule has 1 atom stereocenters.